The molecule has 2 aromatic rings. The normalized spacial score (nSPS) is 10.0. The third-order valence-corrected chi connectivity index (χ3v) is 2.96. The Bertz CT molecular complexity index is 831. The first kappa shape index (κ1) is 16.5. The second kappa shape index (κ2) is 6.52. The average molecular weight is 331 g/mol. The highest BCUT2D eigenvalue weighted by Gasteiger charge is 2.22. The summed E-state index contributed by atoms with van der Waals surface area (Å²) in [5, 5.41) is 33.0. The lowest BCUT2D eigenvalue weighted by molar-refractivity contribution is -0.394. The van der Waals surface area contributed by atoms with Crippen molar-refractivity contribution in [3.8, 4) is 5.75 Å². The van der Waals surface area contributed by atoms with Gasteiger partial charge < -0.3 is 5.11 Å². The van der Waals surface area contributed by atoms with Crippen LogP contribution in [-0.2, 0) is 0 Å². The lowest BCUT2D eigenvalue weighted by Crippen LogP contribution is -2.30. The highest BCUT2D eigenvalue weighted by molar-refractivity contribution is 6.11. The van der Waals surface area contributed by atoms with Crippen LogP contribution in [0.4, 0.5) is 11.4 Å². The fraction of sp³-hybridized carbons (Fsp3) is 0. The lowest BCUT2D eigenvalue weighted by atomic mass is 10.1. The number of para-hydroxylation sites is 1. The van der Waals surface area contributed by atoms with Crippen molar-refractivity contribution in [2.45, 2.75) is 0 Å². The Labute approximate surface area is 133 Å². The molecule has 0 saturated heterocycles. The van der Waals surface area contributed by atoms with Gasteiger partial charge in [0, 0.05) is 12.1 Å². The Morgan fingerprint density at radius 1 is 0.917 bits per heavy atom. The monoisotopic (exact) mass is 331 g/mol. The van der Waals surface area contributed by atoms with Gasteiger partial charge in [-0.25, -0.2) is 0 Å². The van der Waals surface area contributed by atoms with Crippen LogP contribution in [0, 0.1) is 20.2 Å². The molecule has 2 N–H and O–H groups in total. The zero-order chi connectivity index (χ0) is 17.9. The van der Waals surface area contributed by atoms with Crippen LogP contribution < -0.4 is 5.32 Å². The van der Waals surface area contributed by atoms with E-state index in [0.717, 1.165) is 12.1 Å². The first-order valence-corrected chi connectivity index (χ1v) is 6.37. The van der Waals surface area contributed by atoms with E-state index in [0.29, 0.717) is 6.07 Å². The van der Waals surface area contributed by atoms with E-state index >= 15 is 0 Å². The summed E-state index contributed by atoms with van der Waals surface area (Å²) in [4.78, 5) is 43.7. The number of aromatic hydroxyl groups is 1. The molecule has 0 radical (unpaired) electrons. The fourth-order valence-electron chi connectivity index (χ4n) is 1.85. The molecule has 0 bridgehead atoms. The molecular formula is C14H9N3O7. The van der Waals surface area contributed by atoms with Gasteiger partial charge in [-0.15, -0.1) is 0 Å². The summed E-state index contributed by atoms with van der Waals surface area (Å²) in [5.41, 5.74) is -1.95. The van der Waals surface area contributed by atoms with E-state index in [4.69, 9.17) is 0 Å². The number of phenolic OH excluding ortho intramolecular Hbond substituents is 1. The van der Waals surface area contributed by atoms with Crippen LogP contribution in [0.15, 0.2) is 42.5 Å². The fourth-order valence-corrected chi connectivity index (χ4v) is 1.85. The molecule has 0 spiro atoms. The molecule has 122 valence electrons. The highest BCUT2D eigenvalue weighted by Crippen LogP contribution is 2.23. The van der Waals surface area contributed by atoms with Crippen molar-refractivity contribution in [2.75, 3.05) is 0 Å². The number of phenols is 1. The van der Waals surface area contributed by atoms with E-state index in [9.17, 15) is 34.9 Å². The van der Waals surface area contributed by atoms with Gasteiger partial charge in [0.25, 0.3) is 23.2 Å². The van der Waals surface area contributed by atoms with E-state index in [-0.39, 0.29) is 11.3 Å². The molecular weight excluding hydrogens is 322 g/mol. The molecule has 2 aromatic carbocycles. The van der Waals surface area contributed by atoms with Crippen LogP contribution in [0.25, 0.3) is 0 Å². The number of nitro groups is 2. The van der Waals surface area contributed by atoms with Gasteiger partial charge in [0.05, 0.1) is 27.0 Å². The molecule has 10 heteroatoms. The number of hydrogen-bond acceptors (Lipinski definition) is 7. The number of benzene rings is 2. The molecule has 0 fully saturated rings. The minimum Gasteiger partial charge on any atom is -0.507 e. The molecule has 24 heavy (non-hydrogen) atoms. The number of nitrogens with zero attached hydrogens (tertiary/aromatic N) is 2. The number of non-ortho nitro benzene ring substituents is 2. The zero-order valence-electron chi connectivity index (χ0n) is 11.8. The average Bonchev–Trinajstić information content (AvgIpc) is 2.54. The van der Waals surface area contributed by atoms with Crippen LogP contribution in [0.2, 0.25) is 0 Å². The Hall–Kier alpha value is -3.82. The summed E-state index contributed by atoms with van der Waals surface area (Å²) < 4.78 is 0. The van der Waals surface area contributed by atoms with Crippen molar-refractivity contribution in [1.29, 1.82) is 0 Å². The van der Waals surface area contributed by atoms with Crippen molar-refractivity contribution in [3.63, 3.8) is 0 Å². The second-order valence-electron chi connectivity index (χ2n) is 4.55. The van der Waals surface area contributed by atoms with E-state index in [1.165, 1.54) is 24.3 Å². The summed E-state index contributed by atoms with van der Waals surface area (Å²) in [6, 6.07) is 7.73. The van der Waals surface area contributed by atoms with Crippen LogP contribution >= 0.6 is 0 Å². The smallest absolute Gasteiger partial charge is 0.277 e. The molecule has 0 atom stereocenters. The van der Waals surface area contributed by atoms with Crippen molar-refractivity contribution >= 4 is 23.2 Å². The Kier molecular flexibility index (Phi) is 4.50. The molecule has 0 aliphatic heterocycles. The van der Waals surface area contributed by atoms with Gasteiger partial charge in [-0.05, 0) is 12.1 Å². The first-order valence-electron chi connectivity index (χ1n) is 6.37. The van der Waals surface area contributed by atoms with Gasteiger partial charge in [0.2, 0.25) is 0 Å². The molecule has 0 aliphatic rings. The summed E-state index contributed by atoms with van der Waals surface area (Å²) in [5.74, 6) is -2.39. The van der Waals surface area contributed by atoms with Crippen LogP contribution in [0.1, 0.15) is 20.7 Å². The van der Waals surface area contributed by atoms with Gasteiger partial charge >= 0.3 is 0 Å². The Morgan fingerprint density at radius 2 is 1.46 bits per heavy atom. The molecule has 2 rings (SSSR count). The number of nitro benzene ring substituents is 2. The number of rotatable bonds is 4. The minimum atomic E-state index is -1.07. The number of carbonyl (C=O) groups is 2. The number of imide groups is 1. The van der Waals surface area contributed by atoms with Crippen LogP contribution in [-0.4, -0.2) is 26.8 Å². The van der Waals surface area contributed by atoms with Crippen molar-refractivity contribution in [2.24, 2.45) is 0 Å². The molecule has 2 amide bonds. The maximum Gasteiger partial charge on any atom is 0.277 e. The number of amides is 2. The van der Waals surface area contributed by atoms with Gasteiger partial charge in [-0.1, -0.05) is 12.1 Å². The SMILES string of the molecule is O=C(NC(=O)c1ccccc1O)c1cc([N+](=O)[O-])cc([N+](=O)[O-])c1. The van der Waals surface area contributed by atoms with Crippen LogP contribution in [0.5, 0.6) is 5.75 Å². The standard InChI is InChI=1S/C14H9N3O7/c18-12-4-2-1-3-11(12)14(20)15-13(19)8-5-9(16(21)22)7-10(6-8)17(23)24/h1-7,18H,(H,15,19,20). The summed E-state index contributed by atoms with van der Waals surface area (Å²) in [7, 11) is 0. The predicted molar refractivity (Wildman–Crippen MR) is 79.7 cm³/mol. The summed E-state index contributed by atoms with van der Waals surface area (Å²) in [6.45, 7) is 0. The first-order chi connectivity index (χ1) is 11.3. The van der Waals surface area contributed by atoms with E-state index in [1.54, 1.807) is 0 Å². The maximum atomic E-state index is 12.0. The molecule has 10 nitrogen and oxygen atoms in total. The molecule has 0 aliphatic carbocycles. The Balaban J connectivity index is 2.32. The molecule has 0 unspecified atom stereocenters. The zero-order valence-corrected chi connectivity index (χ0v) is 11.8. The van der Waals surface area contributed by atoms with Crippen molar-refractivity contribution in [3.05, 3.63) is 73.8 Å². The third-order valence-electron chi connectivity index (χ3n) is 2.96. The molecule has 0 saturated carbocycles. The number of carbonyl (C=O) groups excluding carboxylic acids is 2. The van der Waals surface area contributed by atoms with E-state index in [1.807, 2.05) is 5.32 Å². The van der Waals surface area contributed by atoms with Crippen LogP contribution in [0.3, 0.4) is 0 Å². The van der Waals surface area contributed by atoms with Gasteiger partial charge in [-0.3, -0.25) is 35.1 Å². The lowest BCUT2D eigenvalue weighted by Gasteiger charge is -2.06. The predicted octanol–water partition coefficient (Wildman–Crippen LogP) is 1.78. The molecule has 0 heterocycles. The quantitative estimate of drug-likeness (QED) is 0.492. The largest absolute Gasteiger partial charge is 0.507 e. The van der Waals surface area contributed by atoms with E-state index < -0.39 is 38.6 Å². The number of hydrogen-bond donors (Lipinski definition) is 2. The van der Waals surface area contributed by atoms with Gasteiger partial charge in [0.1, 0.15) is 5.75 Å². The van der Waals surface area contributed by atoms with E-state index in [2.05, 4.69) is 0 Å². The maximum absolute atomic E-state index is 12.0. The summed E-state index contributed by atoms with van der Waals surface area (Å²) >= 11 is 0. The minimum absolute atomic E-state index is 0.189. The van der Waals surface area contributed by atoms with Crippen molar-refractivity contribution < 1.29 is 24.5 Å². The summed E-state index contributed by atoms with van der Waals surface area (Å²) in [6.07, 6.45) is 0. The second-order valence-corrected chi connectivity index (χ2v) is 4.55. The Morgan fingerprint density at radius 3 is 1.96 bits per heavy atom. The third kappa shape index (κ3) is 3.50. The van der Waals surface area contributed by atoms with Crippen molar-refractivity contribution in [1.82, 2.24) is 5.32 Å². The topological polar surface area (TPSA) is 153 Å². The van der Waals surface area contributed by atoms with Gasteiger partial charge in [0.15, 0.2) is 0 Å². The highest BCUT2D eigenvalue weighted by atomic mass is 16.6. The number of nitrogens with one attached hydrogen (secondary N) is 1. The van der Waals surface area contributed by atoms with Gasteiger partial charge in [-0.2, -0.15) is 0 Å². The molecule has 0 aromatic heterocycles.